The molecule has 1 rings (SSSR count). The Hall–Kier alpha value is -1.47. The lowest BCUT2D eigenvalue weighted by Gasteiger charge is -2.13. The average Bonchev–Trinajstić information content (AvgIpc) is 2.28. The van der Waals surface area contributed by atoms with Gasteiger partial charge in [-0.1, -0.05) is 13.3 Å². The van der Waals surface area contributed by atoms with Crippen LogP contribution in [0.25, 0.3) is 0 Å². The third-order valence-electron chi connectivity index (χ3n) is 2.30. The summed E-state index contributed by atoms with van der Waals surface area (Å²) in [6, 6.07) is 3.00. The summed E-state index contributed by atoms with van der Waals surface area (Å²) in [5.74, 6) is -1.79. The summed E-state index contributed by atoms with van der Waals surface area (Å²) in [6.07, 6.45) is 0.721. The first kappa shape index (κ1) is 14.6. The highest BCUT2D eigenvalue weighted by Gasteiger charge is 2.24. The number of hydrogen-bond acceptors (Lipinski definition) is 3. The summed E-state index contributed by atoms with van der Waals surface area (Å²) >= 11 is 0. The maximum Gasteiger partial charge on any atom is 0.321 e. The summed E-state index contributed by atoms with van der Waals surface area (Å²) < 4.78 is 38.4. The van der Waals surface area contributed by atoms with Gasteiger partial charge in [-0.2, -0.15) is 4.72 Å². The van der Waals surface area contributed by atoms with Crippen LogP contribution in [0.3, 0.4) is 0 Å². The fourth-order valence-corrected chi connectivity index (χ4v) is 2.61. The Kier molecular flexibility index (Phi) is 4.80. The first-order valence-corrected chi connectivity index (χ1v) is 6.86. The Balaban J connectivity index is 2.93. The van der Waals surface area contributed by atoms with Crippen molar-refractivity contribution in [3.63, 3.8) is 0 Å². The van der Waals surface area contributed by atoms with Gasteiger partial charge in [0.1, 0.15) is 11.9 Å². The number of carboxylic acid groups (broad SMARTS) is 1. The Morgan fingerprint density at radius 2 is 1.94 bits per heavy atom. The molecule has 100 valence electrons. The second-order valence-corrected chi connectivity index (χ2v) is 5.47. The maximum atomic E-state index is 12.7. The minimum Gasteiger partial charge on any atom is -0.480 e. The van der Waals surface area contributed by atoms with E-state index in [4.69, 9.17) is 5.11 Å². The molecule has 0 saturated carbocycles. The van der Waals surface area contributed by atoms with Crippen molar-refractivity contribution >= 4 is 16.0 Å². The summed E-state index contributed by atoms with van der Waals surface area (Å²) in [4.78, 5) is 10.7. The van der Waals surface area contributed by atoms with Crippen molar-refractivity contribution in [3.8, 4) is 0 Å². The molecule has 0 amide bonds. The van der Waals surface area contributed by atoms with E-state index in [0.29, 0.717) is 6.42 Å². The zero-order valence-electron chi connectivity index (χ0n) is 9.76. The van der Waals surface area contributed by atoms with E-state index < -0.39 is 27.9 Å². The highest BCUT2D eigenvalue weighted by atomic mass is 32.2. The van der Waals surface area contributed by atoms with Gasteiger partial charge < -0.3 is 5.11 Å². The van der Waals surface area contributed by atoms with Gasteiger partial charge >= 0.3 is 5.97 Å². The lowest BCUT2D eigenvalue weighted by atomic mass is 10.2. The molecule has 0 spiro atoms. The molecular formula is C11H14FNO4S. The molecule has 1 aromatic carbocycles. The molecular weight excluding hydrogens is 261 g/mol. The third-order valence-corrected chi connectivity index (χ3v) is 3.78. The molecule has 0 unspecified atom stereocenters. The fourth-order valence-electron chi connectivity index (χ4n) is 1.39. The van der Waals surface area contributed by atoms with Crippen molar-refractivity contribution < 1.29 is 22.7 Å². The summed E-state index contributed by atoms with van der Waals surface area (Å²) in [7, 11) is -3.94. The molecule has 2 N–H and O–H groups in total. The van der Waals surface area contributed by atoms with E-state index >= 15 is 0 Å². The number of sulfonamides is 1. The smallest absolute Gasteiger partial charge is 0.321 e. The molecule has 5 nitrogen and oxygen atoms in total. The molecule has 1 aromatic rings. The van der Waals surface area contributed by atoms with Crippen LogP contribution < -0.4 is 4.72 Å². The first-order valence-electron chi connectivity index (χ1n) is 5.37. The van der Waals surface area contributed by atoms with E-state index in [1.165, 1.54) is 0 Å². The van der Waals surface area contributed by atoms with Gasteiger partial charge in [0.05, 0.1) is 4.90 Å². The zero-order chi connectivity index (χ0) is 13.8. The van der Waals surface area contributed by atoms with Crippen molar-refractivity contribution in [2.24, 2.45) is 0 Å². The van der Waals surface area contributed by atoms with E-state index in [0.717, 1.165) is 24.3 Å². The molecule has 0 saturated heterocycles. The summed E-state index contributed by atoms with van der Waals surface area (Å²) in [6.45, 7) is 1.75. The highest BCUT2D eigenvalue weighted by Crippen LogP contribution is 2.11. The van der Waals surface area contributed by atoms with E-state index in [2.05, 4.69) is 4.72 Å². The highest BCUT2D eigenvalue weighted by molar-refractivity contribution is 7.89. The van der Waals surface area contributed by atoms with Gasteiger partial charge in [0.15, 0.2) is 0 Å². The van der Waals surface area contributed by atoms with Crippen LogP contribution in [-0.4, -0.2) is 25.5 Å². The van der Waals surface area contributed by atoms with Gasteiger partial charge in [0.2, 0.25) is 10.0 Å². The van der Waals surface area contributed by atoms with Crippen LogP contribution in [0.2, 0.25) is 0 Å². The molecule has 0 aliphatic heterocycles. The molecule has 18 heavy (non-hydrogen) atoms. The minimum atomic E-state index is -3.94. The molecule has 0 radical (unpaired) electrons. The first-order chi connectivity index (χ1) is 8.36. The lowest BCUT2D eigenvalue weighted by molar-refractivity contribution is -0.139. The third kappa shape index (κ3) is 3.78. The number of rotatable bonds is 6. The van der Waals surface area contributed by atoms with Crippen molar-refractivity contribution in [2.75, 3.05) is 0 Å². The molecule has 0 aliphatic rings. The van der Waals surface area contributed by atoms with Crippen LogP contribution in [0.1, 0.15) is 19.8 Å². The quantitative estimate of drug-likeness (QED) is 0.821. The van der Waals surface area contributed by atoms with E-state index in [1.807, 2.05) is 0 Å². The predicted molar refractivity (Wildman–Crippen MR) is 63.1 cm³/mol. The fraction of sp³-hybridized carbons (Fsp3) is 0.364. The lowest BCUT2D eigenvalue weighted by Crippen LogP contribution is -2.40. The van der Waals surface area contributed by atoms with Gasteiger partial charge in [-0.15, -0.1) is 0 Å². The average molecular weight is 275 g/mol. The van der Waals surface area contributed by atoms with Gasteiger partial charge in [0, 0.05) is 0 Å². The van der Waals surface area contributed by atoms with Gasteiger partial charge in [-0.25, -0.2) is 12.8 Å². The van der Waals surface area contributed by atoms with E-state index in [9.17, 15) is 17.6 Å². The maximum absolute atomic E-state index is 12.7. The number of halogens is 1. The molecule has 7 heteroatoms. The Morgan fingerprint density at radius 3 is 2.39 bits per heavy atom. The van der Waals surface area contributed by atoms with Crippen LogP contribution in [-0.2, 0) is 14.8 Å². The zero-order valence-corrected chi connectivity index (χ0v) is 10.6. The van der Waals surface area contributed by atoms with Gasteiger partial charge in [-0.3, -0.25) is 4.79 Å². The second kappa shape index (κ2) is 5.92. The summed E-state index contributed by atoms with van der Waals surface area (Å²) in [5.41, 5.74) is 0. The minimum absolute atomic E-state index is 0.161. The Morgan fingerprint density at radius 1 is 1.39 bits per heavy atom. The monoisotopic (exact) mass is 275 g/mol. The van der Waals surface area contributed by atoms with Crippen LogP contribution in [0.4, 0.5) is 4.39 Å². The van der Waals surface area contributed by atoms with E-state index in [-0.39, 0.29) is 11.3 Å². The van der Waals surface area contributed by atoms with Crippen molar-refractivity contribution in [3.05, 3.63) is 30.1 Å². The number of carboxylic acids is 1. The normalized spacial score (nSPS) is 13.2. The second-order valence-electron chi connectivity index (χ2n) is 3.75. The molecule has 0 aliphatic carbocycles. The molecule has 1 atom stereocenters. The van der Waals surface area contributed by atoms with Crippen LogP contribution in [0, 0.1) is 5.82 Å². The molecule has 0 heterocycles. The number of nitrogens with one attached hydrogen (secondary N) is 1. The molecule has 0 aromatic heterocycles. The Labute approximate surface area is 105 Å². The number of hydrogen-bond donors (Lipinski definition) is 2. The van der Waals surface area contributed by atoms with Gasteiger partial charge in [0.25, 0.3) is 0 Å². The molecule has 0 fully saturated rings. The van der Waals surface area contributed by atoms with Crippen LogP contribution in [0.5, 0.6) is 0 Å². The number of carbonyl (C=O) groups is 1. The summed E-state index contributed by atoms with van der Waals surface area (Å²) in [5, 5.41) is 8.87. The molecule has 0 bridgehead atoms. The van der Waals surface area contributed by atoms with Crippen LogP contribution >= 0.6 is 0 Å². The number of benzene rings is 1. The standard InChI is InChI=1S/C11H14FNO4S/c1-2-3-10(11(14)15)13-18(16,17)9-6-4-8(12)5-7-9/h4-7,10,13H,2-3H2,1H3,(H,14,15)/t10-/m0/s1. The predicted octanol–water partition coefficient (Wildman–Crippen LogP) is 1.36. The SMILES string of the molecule is CCC[C@H](NS(=O)(=O)c1ccc(F)cc1)C(=O)O. The van der Waals surface area contributed by atoms with Crippen molar-refractivity contribution in [1.82, 2.24) is 4.72 Å². The number of aliphatic carboxylic acids is 1. The van der Waals surface area contributed by atoms with E-state index in [1.54, 1.807) is 6.92 Å². The van der Waals surface area contributed by atoms with Crippen molar-refractivity contribution in [1.29, 1.82) is 0 Å². The van der Waals surface area contributed by atoms with Crippen molar-refractivity contribution in [2.45, 2.75) is 30.7 Å². The van der Waals surface area contributed by atoms with Gasteiger partial charge in [-0.05, 0) is 30.7 Å². The Bertz CT molecular complexity index is 512. The largest absolute Gasteiger partial charge is 0.480 e. The topological polar surface area (TPSA) is 83.5 Å². The van der Waals surface area contributed by atoms with Crippen LogP contribution in [0.15, 0.2) is 29.2 Å².